The van der Waals surface area contributed by atoms with Gasteiger partial charge < -0.3 is 10.1 Å². The smallest absolute Gasteiger partial charge is 0.134 e. The third kappa shape index (κ3) is 3.36. The molecule has 0 spiro atoms. The third-order valence-electron chi connectivity index (χ3n) is 3.20. The SMILES string of the molecule is CCNCc1c(F)cccc1Oc1ccccc1CC. The molecule has 0 saturated heterocycles. The van der Waals surface area contributed by atoms with Gasteiger partial charge in [-0.05, 0) is 36.7 Å². The number of hydrogen-bond acceptors (Lipinski definition) is 2. The summed E-state index contributed by atoms with van der Waals surface area (Å²) in [6.07, 6.45) is 0.883. The summed E-state index contributed by atoms with van der Waals surface area (Å²) < 4.78 is 19.9. The highest BCUT2D eigenvalue weighted by Crippen LogP contribution is 2.29. The normalized spacial score (nSPS) is 10.6. The van der Waals surface area contributed by atoms with Gasteiger partial charge in [0.15, 0.2) is 0 Å². The lowest BCUT2D eigenvalue weighted by atomic mass is 10.1. The Hall–Kier alpha value is -1.87. The van der Waals surface area contributed by atoms with Crippen LogP contribution in [0.5, 0.6) is 11.5 Å². The number of aryl methyl sites for hydroxylation is 1. The fourth-order valence-electron chi connectivity index (χ4n) is 2.07. The maximum Gasteiger partial charge on any atom is 0.134 e. The van der Waals surface area contributed by atoms with Gasteiger partial charge in [0.05, 0.1) is 0 Å². The van der Waals surface area contributed by atoms with Crippen LogP contribution in [0.3, 0.4) is 0 Å². The Morgan fingerprint density at radius 3 is 2.50 bits per heavy atom. The van der Waals surface area contributed by atoms with Gasteiger partial charge in [0.2, 0.25) is 0 Å². The fourth-order valence-corrected chi connectivity index (χ4v) is 2.07. The van der Waals surface area contributed by atoms with Crippen molar-refractivity contribution < 1.29 is 9.13 Å². The highest BCUT2D eigenvalue weighted by molar-refractivity contribution is 5.42. The highest BCUT2D eigenvalue weighted by atomic mass is 19.1. The first-order valence-corrected chi connectivity index (χ1v) is 7.00. The minimum Gasteiger partial charge on any atom is -0.457 e. The molecular formula is C17H20FNO. The molecule has 0 amide bonds. The molecule has 2 aromatic carbocycles. The Morgan fingerprint density at radius 1 is 1.00 bits per heavy atom. The fraction of sp³-hybridized carbons (Fsp3) is 0.294. The first-order chi connectivity index (χ1) is 9.76. The van der Waals surface area contributed by atoms with E-state index in [-0.39, 0.29) is 5.82 Å². The Balaban J connectivity index is 2.30. The lowest BCUT2D eigenvalue weighted by molar-refractivity contribution is 0.458. The predicted octanol–water partition coefficient (Wildman–Crippen LogP) is 4.29. The van der Waals surface area contributed by atoms with E-state index in [1.54, 1.807) is 6.07 Å². The number of ether oxygens (including phenoxy) is 1. The maximum atomic E-state index is 13.9. The monoisotopic (exact) mass is 273 g/mol. The summed E-state index contributed by atoms with van der Waals surface area (Å²) in [7, 11) is 0. The van der Waals surface area contributed by atoms with Crippen LogP contribution in [0.1, 0.15) is 25.0 Å². The van der Waals surface area contributed by atoms with Crippen molar-refractivity contribution in [2.45, 2.75) is 26.8 Å². The first kappa shape index (κ1) is 14.5. The Labute approximate surface area is 119 Å². The number of halogens is 1. The summed E-state index contributed by atoms with van der Waals surface area (Å²) in [4.78, 5) is 0. The zero-order chi connectivity index (χ0) is 14.4. The van der Waals surface area contributed by atoms with E-state index in [0.717, 1.165) is 24.3 Å². The zero-order valence-corrected chi connectivity index (χ0v) is 11.9. The molecule has 0 atom stereocenters. The van der Waals surface area contributed by atoms with Crippen LogP contribution in [-0.2, 0) is 13.0 Å². The van der Waals surface area contributed by atoms with E-state index in [0.29, 0.717) is 17.9 Å². The second-order valence-corrected chi connectivity index (χ2v) is 4.56. The molecule has 0 aliphatic rings. The van der Waals surface area contributed by atoms with E-state index < -0.39 is 0 Å². The van der Waals surface area contributed by atoms with Gasteiger partial charge in [-0.25, -0.2) is 4.39 Å². The van der Waals surface area contributed by atoms with Gasteiger partial charge in [0, 0.05) is 12.1 Å². The molecule has 2 rings (SSSR count). The molecule has 0 aromatic heterocycles. The summed E-state index contributed by atoms with van der Waals surface area (Å²) in [6.45, 7) is 5.33. The molecule has 0 heterocycles. The molecular weight excluding hydrogens is 253 g/mol. The average molecular weight is 273 g/mol. The van der Waals surface area contributed by atoms with E-state index in [1.807, 2.05) is 37.3 Å². The van der Waals surface area contributed by atoms with Crippen LogP contribution in [0.4, 0.5) is 4.39 Å². The number of benzene rings is 2. The molecule has 106 valence electrons. The van der Waals surface area contributed by atoms with Crippen molar-refractivity contribution in [2.75, 3.05) is 6.54 Å². The predicted molar refractivity (Wildman–Crippen MR) is 79.7 cm³/mol. The van der Waals surface area contributed by atoms with Crippen LogP contribution in [0.15, 0.2) is 42.5 Å². The lowest BCUT2D eigenvalue weighted by Crippen LogP contribution is -2.13. The van der Waals surface area contributed by atoms with E-state index in [2.05, 4.69) is 12.2 Å². The lowest BCUT2D eigenvalue weighted by Gasteiger charge is -2.14. The molecule has 0 aliphatic heterocycles. The van der Waals surface area contributed by atoms with Crippen LogP contribution in [0.2, 0.25) is 0 Å². The quantitative estimate of drug-likeness (QED) is 0.847. The molecule has 3 heteroatoms. The van der Waals surface area contributed by atoms with Gasteiger partial charge in [0.1, 0.15) is 17.3 Å². The Bertz CT molecular complexity index is 569. The van der Waals surface area contributed by atoms with Gasteiger partial charge in [-0.1, -0.05) is 38.1 Å². The van der Waals surface area contributed by atoms with Crippen molar-refractivity contribution in [2.24, 2.45) is 0 Å². The number of nitrogens with one attached hydrogen (secondary N) is 1. The maximum absolute atomic E-state index is 13.9. The summed E-state index contributed by atoms with van der Waals surface area (Å²) in [6, 6.07) is 12.8. The molecule has 1 N–H and O–H groups in total. The minimum absolute atomic E-state index is 0.238. The second kappa shape index (κ2) is 7.06. The van der Waals surface area contributed by atoms with Crippen LogP contribution in [0.25, 0.3) is 0 Å². The molecule has 0 aliphatic carbocycles. The van der Waals surface area contributed by atoms with Crippen LogP contribution in [0, 0.1) is 5.82 Å². The van der Waals surface area contributed by atoms with E-state index in [4.69, 9.17) is 4.74 Å². The van der Waals surface area contributed by atoms with Gasteiger partial charge >= 0.3 is 0 Å². The van der Waals surface area contributed by atoms with Gasteiger partial charge in [0.25, 0.3) is 0 Å². The first-order valence-electron chi connectivity index (χ1n) is 7.00. The van der Waals surface area contributed by atoms with Gasteiger partial charge in [-0.2, -0.15) is 0 Å². The molecule has 0 fully saturated rings. The van der Waals surface area contributed by atoms with Gasteiger partial charge in [-0.3, -0.25) is 0 Å². The third-order valence-corrected chi connectivity index (χ3v) is 3.20. The summed E-state index contributed by atoms with van der Waals surface area (Å²) in [5.74, 6) is 1.13. The molecule has 0 saturated carbocycles. The van der Waals surface area contributed by atoms with Crippen LogP contribution in [-0.4, -0.2) is 6.54 Å². The van der Waals surface area contributed by atoms with E-state index >= 15 is 0 Å². The minimum atomic E-state index is -0.238. The average Bonchev–Trinajstić information content (AvgIpc) is 2.47. The second-order valence-electron chi connectivity index (χ2n) is 4.56. The van der Waals surface area contributed by atoms with Crippen molar-refractivity contribution in [3.05, 3.63) is 59.4 Å². The summed E-state index contributed by atoms with van der Waals surface area (Å²) in [5.41, 5.74) is 1.69. The largest absolute Gasteiger partial charge is 0.457 e. The van der Waals surface area contributed by atoms with Crippen LogP contribution >= 0.6 is 0 Å². The number of para-hydroxylation sites is 1. The van der Waals surface area contributed by atoms with Crippen LogP contribution < -0.4 is 10.1 Å². The molecule has 0 radical (unpaired) electrons. The highest BCUT2D eigenvalue weighted by Gasteiger charge is 2.11. The van der Waals surface area contributed by atoms with Gasteiger partial charge in [-0.15, -0.1) is 0 Å². The molecule has 0 unspecified atom stereocenters. The topological polar surface area (TPSA) is 21.3 Å². The summed E-state index contributed by atoms with van der Waals surface area (Å²) >= 11 is 0. The number of hydrogen-bond donors (Lipinski definition) is 1. The van der Waals surface area contributed by atoms with Crippen molar-refractivity contribution >= 4 is 0 Å². The van der Waals surface area contributed by atoms with E-state index in [1.165, 1.54) is 6.07 Å². The standard InChI is InChI=1S/C17H20FNO/c1-3-13-8-5-6-10-16(13)20-17-11-7-9-15(18)14(17)12-19-4-2/h5-11,19H,3-4,12H2,1-2H3. The molecule has 0 bridgehead atoms. The molecule has 20 heavy (non-hydrogen) atoms. The van der Waals surface area contributed by atoms with E-state index in [9.17, 15) is 4.39 Å². The number of rotatable bonds is 6. The molecule has 2 nitrogen and oxygen atoms in total. The Kier molecular flexibility index (Phi) is 5.13. The summed E-state index contributed by atoms with van der Waals surface area (Å²) in [5, 5.41) is 3.14. The van der Waals surface area contributed by atoms with Crippen molar-refractivity contribution in [3.8, 4) is 11.5 Å². The van der Waals surface area contributed by atoms with Crippen molar-refractivity contribution in [1.29, 1.82) is 0 Å². The molecule has 2 aromatic rings. The van der Waals surface area contributed by atoms with Crippen molar-refractivity contribution in [1.82, 2.24) is 5.32 Å². The van der Waals surface area contributed by atoms with Crippen molar-refractivity contribution in [3.63, 3.8) is 0 Å². The zero-order valence-electron chi connectivity index (χ0n) is 11.9. The Morgan fingerprint density at radius 2 is 1.75 bits per heavy atom.